The van der Waals surface area contributed by atoms with Gasteiger partial charge in [0.25, 0.3) is 0 Å². The lowest BCUT2D eigenvalue weighted by molar-refractivity contribution is -0.158. The maximum atomic E-state index is 14.6. The molecule has 40 heavy (non-hydrogen) atoms. The summed E-state index contributed by atoms with van der Waals surface area (Å²) in [5.74, 6) is -3.33. The van der Waals surface area contributed by atoms with Crippen LogP contribution in [0.1, 0.15) is 129 Å². The molecule has 0 amide bonds. The van der Waals surface area contributed by atoms with Crippen LogP contribution in [0.5, 0.6) is 11.5 Å². The molecule has 1 aromatic rings. The summed E-state index contributed by atoms with van der Waals surface area (Å²) in [5.41, 5.74) is 0. The van der Waals surface area contributed by atoms with Crippen molar-refractivity contribution in [2.24, 2.45) is 17.8 Å². The van der Waals surface area contributed by atoms with E-state index in [2.05, 4.69) is 13.8 Å². The number of benzene rings is 1. The van der Waals surface area contributed by atoms with Gasteiger partial charge in [0.2, 0.25) is 11.6 Å². The summed E-state index contributed by atoms with van der Waals surface area (Å²) in [6.45, 7) is 4.69. The van der Waals surface area contributed by atoms with E-state index in [1.165, 1.54) is 57.1 Å². The van der Waals surface area contributed by atoms with Gasteiger partial charge in [0.15, 0.2) is 11.5 Å². The van der Waals surface area contributed by atoms with Crippen molar-refractivity contribution in [1.82, 2.24) is 0 Å². The zero-order chi connectivity index (χ0) is 28.7. The Hall–Kier alpha value is -2.18. The summed E-state index contributed by atoms with van der Waals surface area (Å²) >= 11 is 0. The number of hydrogen-bond donors (Lipinski definition) is 0. The molecule has 2 saturated carbocycles. The van der Waals surface area contributed by atoms with E-state index in [0.717, 1.165) is 50.9 Å². The Bertz CT molecular complexity index is 904. The minimum atomic E-state index is -1.21. The lowest BCUT2D eigenvalue weighted by atomic mass is 9.79. The summed E-state index contributed by atoms with van der Waals surface area (Å²) in [6.07, 6.45) is 17.4. The molecule has 2 aliphatic rings. The van der Waals surface area contributed by atoms with E-state index in [4.69, 9.17) is 14.2 Å². The van der Waals surface area contributed by atoms with Crippen molar-refractivity contribution in [2.75, 3.05) is 6.61 Å². The van der Waals surface area contributed by atoms with Crippen molar-refractivity contribution in [3.63, 3.8) is 0 Å². The molecule has 0 N–H and O–H groups in total. The molecule has 0 aromatic heterocycles. The summed E-state index contributed by atoms with van der Waals surface area (Å²) in [7, 11) is 0. The van der Waals surface area contributed by atoms with Crippen LogP contribution in [0.15, 0.2) is 12.1 Å². The molecule has 5 nitrogen and oxygen atoms in total. The van der Waals surface area contributed by atoms with Gasteiger partial charge in [0.05, 0.1) is 18.4 Å². The van der Waals surface area contributed by atoms with Gasteiger partial charge in [-0.1, -0.05) is 71.6 Å². The third-order valence-corrected chi connectivity index (χ3v) is 8.66. The second-order valence-electron chi connectivity index (χ2n) is 11.9. The first-order valence-corrected chi connectivity index (χ1v) is 16.0. The maximum Gasteiger partial charge on any atom is 0.314 e. The predicted octanol–water partition coefficient (Wildman–Crippen LogP) is 9.10. The van der Waals surface area contributed by atoms with Gasteiger partial charge in [-0.05, 0) is 75.8 Å². The van der Waals surface area contributed by atoms with Crippen LogP contribution in [0, 0.1) is 29.4 Å². The average molecular weight is 565 g/mol. The SMILES string of the molecule is CCCCCCCCOc1ccc(OC(=O)C2CCC(OC(=O)C3CCC(CCCCC)CC3)CC2)c(F)c1F. The fourth-order valence-corrected chi connectivity index (χ4v) is 6.01. The molecule has 0 unspecified atom stereocenters. The first-order valence-electron chi connectivity index (χ1n) is 16.0. The highest BCUT2D eigenvalue weighted by Gasteiger charge is 2.33. The fourth-order valence-electron chi connectivity index (χ4n) is 6.01. The minimum Gasteiger partial charge on any atom is -0.490 e. The second-order valence-corrected chi connectivity index (χ2v) is 11.9. The van der Waals surface area contributed by atoms with E-state index < -0.39 is 29.3 Å². The van der Waals surface area contributed by atoms with Crippen LogP contribution in [-0.2, 0) is 14.3 Å². The molecule has 0 aliphatic heterocycles. The quantitative estimate of drug-likeness (QED) is 0.114. The molecule has 7 heteroatoms. The molecule has 0 bridgehead atoms. The lowest BCUT2D eigenvalue weighted by Crippen LogP contribution is -2.32. The van der Waals surface area contributed by atoms with Crippen LogP contribution < -0.4 is 9.47 Å². The second kappa shape index (κ2) is 17.6. The Balaban J connectivity index is 1.36. The number of unbranched alkanes of at least 4 members (excludes halogenated alkanes) is 7. The summed E-state index contributed by atoms with van der Waals surface area (Å²) in [5, 5.41) is 0. The number of hydrogen-bond acceptors (Lipinski definition) is 5. The van der Waals surface area contributed by atoms with E-state index in [-0.39, 0.29) is 23.7 Å². The monoisotopic (exact) mass is 564 g/mol. The molecule has 0 saturated heterocycles. The first-order chi connectivity index (χ1) is 19.4. The maximum absolute atomic E-state index is 14.6. The van der Waals surface area contributed by atoms with Gasteiger partial charge >= 0.3 is 11.9 Å². The standard InChI is InChI=1S/C33H50F2O5/c1-3-5-7-8-9-11-23-38-28-21-22-29(31(35)30(28)34)40-33(37)26-17-19-27(20-18-26)39-32(36)25-15-13-24(14-16-25)12-10-6-4-2/h21-22,24-27H,3-20,23H2,1-2H3. The van der Waals surface area contributed by atoms with Gasteiger partial charge in [-0.3, -0.25) is 9.59 Å². The Morgan fingerprint density at radius 3 is 1.95 bits per heavy atom. The van der Waals surface area contributed by atoms with Crippen molar-refractivity contribution < 1.29 is 32.6 Å². The molecule has 2 aliphatic carbocycles. The predicted molar refractivity (Wildman–Crippen MR) is 152 cm³/mol. The number of esters is 2. The van der Waals surface area contributed by atoms with Crippen molar-refractivity contribution in [2.45, 2.75) is 136 Å². The summed E-state index contributed by atoms with van der Waals surface area (Å²) < 4.78 is 45.6. The van der Waals surface area contributed by atoms with Crippen LogP contribution in [-0.4, -0.2) is 24.6 Å². The largest absolute Gasteiger partial charge is 0.490 e. The average Bonchev–Trinajstić information content (AvgIpc) is 2.97. The van der Waals surface area contributed by atoms with Gasteiger partial charge in [0, 0.05) is 0 Å². The number of carbonyl (C=O) groups excluding carboxylic acids is 2. The summed E-state index contributed by atoms with van der Waals surface area (Å²) in [6, 6.07) is 2.56. The molecular formula is C33H50F2O5. The molecule has 226 valence electrons. The van der Waals surface area contributed by atoms with Gasteiger partial charge < -0.3 is 14.2 Å². The number of carbonyl (C=O) groups is 2. The van der Waals surface area contributed by atoms with E-state index in [1.54, 1.807) is 0 Å². The van der Waals surface area contributed by atoms with Crippen molar-refractivity contribution in [1.29, 1.82) is 0 Å². The van der Waals surface area contributed by atoms with Crippen molar-refractivity contribution >= 4 is 11.9 Å². The normalized spacial score (nSPS) is 23.0. The van der Waals surface area contributed by atoms with Crippen molar-refractivity contribution in [3.05, 3.63) is 23.8 Å². The highest BCUT2D eigenvalue weighted by molar-refractivity contribution is 5.75. The zero-order valence-electron chi connectivity index (χ0n) is 24.7. The van der Waals surface area contributed by atoms with Crippen LogP contribution in [0.25, 0.3) is 0 Å². The smallest absolute Gasteiger partial charge is 0.314 e. The van der Waals surface area contributed by atoms with Gasteiger partial charge in [-0.2, -0.15) is 8.78 Å². The van der Waals surface area contributed by atoms with Crippen LogP contribution in [0.2, 0.25) is 0 Å². The third kappa shape index (κ3) is 10.3. The van der Waals surface area contributed by atoms with Gasteiger partial charge in [0.1, 0.15) is 6.10 Å². The molecule has 0 radical (unpaired) electrons. The lowest BCUT2D eigenvalue weighted by Gasteiger charge is -2.31. The van der Waals surface area contributed by atoms with E-state index in [0.29, 0.717) is 32.3 Å². The van der Waals surface area contributed by atoms with Crippen molar-refractivity contribution in [3.8, 4) is 11.5 Å². The number of ether oxygens (including phenoxy) is 3. The zero-order valence-corrected chi connectivity index (χ0v) is 24.7. The number of rotatable bonds is 16. The summed E-state index contributed by atoms with van der Waals surface area (Å²) in [4.78, 5) is 25.4. The first kappa shape index (κ1) is 32.3. The van der Waals surface area contributed by atoms with Gasteiger partial charge in [-0.25, -0.2) is 0 Å². The Kier molecular flexibility index (Phi) is 14.2. The highest BCUT2D eigenvalue weighted by Crippen LogP contribution is 2.35. The Morgan fingerprint density at radius 2 is 1.25 bits per heavy atom. The molecular weight excluding hydrogens is 514 g/mol. The Labute approximate surface area is 239 Å². The third-order valence-electron chi connectivity index (χ3n) is 8.66. The molecule has 3 rings (SSSR count). The number of halogens is 2. The minimum absolute atomic E-state index is 0.0132. The fraction of sp³-hybridized carbons (Fsp3) is 0.758. The van der Waals surface area contributed by atoms with E-state index in [9.17, 15) is 18.4 Å². The molecule has 2 fully saturated rings. The van der Waals surface area contributed by atoms with E-state index in [1.807, 2.05) is 0 Å². The van der Waals surface area contributed by atoms with Crippen LogP contribution in [0.4, 0.5) is 8.78 Å². The van der Waals surface area contributed by atoms with E-state index >= 15 is 0 Å². The van der Waals surface area contributed by atoms with Gasteiger partial charge in [-0.15, -0.1) is 0 Å². The van der Waals surface area contributed by atoms with Crippen LogP contribution >= 0.6 is 0 Å². The van der Waals surface area contributed by atoms with Crippen LogP contribution in [0.3, 0.4) is 0 Å². The Morgan fingerprint density at radius 1 is 0.700 bits per heavy atom. The molecule has 0 spiro atoms. The molecule has 0 heterocycles. The molecule has 0 atom stereocenters. The highest BCUT2D eigenvalue weighted by atomic mass is 19.2. The topological polar surface area (TPSA) is 61.8 Å². The molecule has 1 aromatic carbocycles.